The van der Waals surface area contributed by atoms with Crippen molar-refractivity contribution in [1.82, 2.24) is 9.88 Å². The molecule has 5 heteroatoms. The smallest absolute Gasteiger partial charge is 0.258 e. The third-order valence-electron chi connectivity index (χ3n) is 2.87. The molecule has 1 aliphatic heterocycles. The molecule has 2 heterocycles. The van der Waals surface area contributed by atoms with Gasteiger partial charge in [0.25, 0.3) is 5.91 Å². The second-order valence-electron chi connectivity index (χ2n) is 3.99. The van der Waals surface area contributed by atoms with Gasteiger partial charge in [0.05, 0.1) is 5.56 Å². The Balaban J connectivity index is 2.12. The Hall–Kier alpha value is -1.10. The van der Waals surface area contributed by atoms with Crippen molar-refractivity contribution in [3.8, 4) is 0 Å². The topological polar surface area (TPSA) is 33.2 Å². The maximum atomic E-state index is 13.4. The van der Waals surface area contributed by atoms with Crippen LogP contribution >= 0.6 is 11.8 Å². The lowest BCUT2D eigenvalue weighted by Crippen LogP contribution is -2.42. The first kappa shape index (κ1) is 12.4. The third kappa shape index (κ3) is 2.77. The summed E-state index contributed by atoms with van der Waals surface area (Å²) in [5.41, 5.74) is 0.0780. The fraction of sp³-hybridized carbons (Fsp3) is 0.500. The molecule has 0 spiro atoms. The van der Waals surface area contributed by atoms with Crippen molar-refractivity contribution in [2.75, 3.05) is 18.8 Å². The van der Waals surface area contributed by atoms with Crippen LogP contribution in [0.15, 0.2) is 18.3 Å². The number of halogens is 1. The molecule has 1 aliphatic rings. The third-order valence-corrected chi connectivity index (χ3v) is 4.24. The first-order valence-electron chi connectivity index (χ1n) is 5.73. The normalized spacial score (nSPS) is 20.4. The van der Waals surface area contributed by atoms with E-state index in [1.807, 2.05) is 11.8 Å². The van der Waals surface area contributed by atoms with Gasteiger partial charge in [-0.15, -0.1) is 0 Å². The number of carbonyl (C=O) groups excluding carboxylic acids is 1. The molecule has 1 fully saturated rings. The molecule has 0 bridgehead atoms. The molecule has 17 heavy (non-hydrogen) atoms. The van der Waals surface area contributed by atoms with Crippen LogP contribution in [0.25, 0.3) is 0 Å². The van der Waals surface area contributed by atoms with E-state index in [4.69, 9.17) is 0 Å². The van der Waals surface area contributed by atoms with Gasteiger partial charge in [-0.3, -0.25) is 4.79 Å². The fourth-order valence-corrected chi connectivity index (χ4v) is 3.05. The summed E-state index contributed by atoms with van der Waals surface area (Å²) in [6.45, 7) is 3.50. The number of pyridine rings is 1. The zero-order chi connectivity index (χ0) is 12.3. The van der Waals surface area contributed by atoms with Crippen molar-refractivity contribution < 1.29 is 9.18 Å². The predicted molar refractivity (Wildman–Crippen MR) is 66.6 cm³/mol. The number of amides is 1. The Labute approximate surface area is 104 Å². The predicted octanol–water partition coefficient (Wildman–Crippen LogP) is 2.19. The highest BCUT2D eigenvalue weighted by Gasteiger charge is 2.25. The molecule has 1 unspecified atom stereocenters. The van der Waals surface area contributed by atoms with Crippen LogP contribution in [0.1, 0.15) is 23.7 Å². The van der Waals surface area contributed by atoms with Gasteiger partial charge in [-0.05, 0) is 18.6 Å². The van der Waals surface area contributed by atoms with Gasteiger partial charge in [0, 0.05) is 30.3 Å². The summed E-state index contributed by atoms with van der Waals surface area (Å²) < 4.78 is 13.4. The molecule has 1 amide bonds. The molecule has 0 radical (unpaired) electrons. The lowest BCUT2D eigenvalue weighted by Gasteiger charge is -2.31. The summed E-state index contributed by atoms with van der Waals surface area (Å²) in [5, 5.41) is 0.465. The molecule has 0 aliphatic carbocycles. The van der Waals surface area contributed by atoms with Crippen molar-refractivity contribution in [1.29, 1.82) is 0 Å². The quantitative estimate of drug-likeness (QED) is 0.758. The summed E-state index contributed by atoms with van der Waals surface area (Å²) >= 11 is 1.88. The SMILES string of the molecule is CCC1CN(C(=O)c2cccnc2F)CCS1. The van der Waals surface area contributed by atoms with Gasteiger partial charge in [-0.1, -0.05) is 6.92 Å². The molecule has 1 saturated heterocycles. The zero-order valence-electron chi connectivity index (χ0n) is 9.73. The Morgan fingerprint density at radius 1 is 1.71 bits per heavy atom. The fourth-order valence-electron chi connectivity index (χ4n) is 1.87. The van der Waals surface area contributed by atoms with Crippen LogP contribution < -0.4 is 0 Å². The van der Waals surface area contributed by atoms with E-state index in [2.05, 4.69) is 11.9 Å². The summed E-state index contributed by atoms with van der Waals surface area (Å²) in [6.07, 6.45) is 2.39. The first-order chi connectivity index (χ1) is 8.22. The minimum atomic E-state index is -0.677. The maximum absolute atomic E-state index is 13.4. The summed E-state index contributed by atoms with van der Waals surface area (Å²) in [5.74, 6) is 0.00434. The van der Waals surface area contributed by atoms with E-state index in [0.717, 1.165) is 12.2 Å². The average Bonchev–Trinajstić information content (AvgIpc) is 2.38. The number of aromatic nitrogens is 1. The summed E-state index contributed by atoms with van der Waals surface area (Å²) in [4.78, 5) is 17.4. The Morgan fingerprint density at radius 2 is 2.53 bits per heavy atom. The summed E-state index contributed by atoms with van der Waals surface area (Å²) in [7, 11) is 0. The van der Waals surface area contributed by atoms with Crippen LogP contribution in [0, 0.1) is 5.95 Å². The largest absolute Gasteiger partial charge is 0.337 e. The van der Waals surface area contributed by atoms with Crippen molar-refractivity contribution >= 4 is 17.7 Å². The van der Waals surface area contributed by atoms with E-state index in [0.29, 0.717) is 18.3 Å². The molecule has 2 rings (SSSR count). The second-order valence-corrected chi connectivity index (χ2v) is 5.40. The van der Waals surface area contributed by atoms with E-state index in [1.165, 1.54) is 12.3 Å². The van der Waals surface area contributed by atoms with Gasteiger partial charge in [0.1, 0.15) is 0 Å². The monoisotopic (exact) mass is 254 g/mol. The van der Waals surface area contributed by atoms with Gasteiger partial charge in [0.15, 0.2) is 0 Å². The van der Waals surface area contributed by atoms with Gasteiger partial charge >= 0.3 is 0 Å². The molecule has 3 nitrogen and oxygen atoms in total. The van der Waals surface area contributed by atoms with Crippen LogP contribution in [0.3, 0.4) is 0 Å². The van der Waals surface area contributed by atoms with Crippen LogP contribution in [0.4, 0.5) is 4.39 Å². The first-order valence-corrected chi connectivity index (χ1v) is 6.78. The highest BCUT2D eigenvalue weighted by molar-refractivity contribution is 8.00. The molecular formula is C12H15FN2OS. The maximum Gasteiger partial charge on any atom is 0.258 e. The highest BCUT2D eigenvalue weighted by Crippen LogP contribution is 2.22. The number of nitrogens with zero attached hydrogens (tertiary/aromatic N) is 2. The van der Waals surface area contributed by atoms with Gasteiger partial charge < -0.3 is 4.90 Å². The van der Waals surface area contributed by atoms with Crippen molar-refractivity contribution in [2.24, 2.45) is 0 Å². The lowest BCUT2D eigenvalue weighted by molar-refractivity contribution is 0.0755. The van der Waals surface area contributed by atoms with Crippen LogP contribution in [0.5, 0.6) is 0 Å². The van der Waals surface area contributed by atoms with Gasteiger partial charge in [0.2, 0.25) is 5.95 Å². The minimum Gasteiger partial charge on any atom is -0.337 e. The summed E-state index contributed by atoms with van der Waals surface area (Å²) in [6, 6.07) is 3.08. The van der Waals surface area contributed by atoms with Crippen molar-refractivity contribution in [3.63, 3.8) is 0 Å². The number of hydrogen-bond donors (Lipinski definition) is 0. The standard InChI is InChI=1S/C12H15FN2OS/c1-2-9-8-15(6-7-17-9)12(16)10-4-3-5-14-11(10)13/h3-5,9H,2,6-8H2,1H3. The molecular weight excluding hydrogens is 239 g/mol. The number of rotatable bonds is 2. The minimum absolute atomic E-state index is 0.0780. The zero-order valence-corrected chi connectivity index (χ0v) is 10.5. The molecule has 0 N–H and O–H groups in total. The van der Waals surface area contributed by atoms with E-state index in [-0.39, 0.29) is 11.5 Å². The molecule has 0 aromatic carbocycles. The number of hydrogen-bond acceptors (Lipinski definition) is 3. The van der Waals surface area contributed by atoms with Crippen LogP contribution in [-0.4, -0.2) is 39.9 Å². The second kappa shape index (κ2) is 5.49. The van der Waals surface area contributed by atoms with E-state index >= 15 is 0 Å². The average molecular weight is 254 g/mol. The van der Waals surface area contributed by atoms with E-state index in [9.17, 15) is 9.18 Å². The van der Waals surface area contributed by atoms with E-state index in [1.54, 1.807) is 11.0 Å². The Bertz CT molecular complexity index is 413. The van der Waals surface area contributed by atoms with Gasteiger partial charge in [-0.25, -0.2) is 4.98 Å². The van der Waals surface area contributed by atoms with Gasteiger partial charge in [-0.2, -0.15) is 16.2 Å². The molecule has 1 atom stereocenters. The highest BCUT2D eigenvalue weighted by atomic mass is 32.2. The lowest BCUT2D eigenvalue weighted by atomic mass is 10.2. The Kier molecular flexibility index (Phi) is 3.99. The van der Waals surface area contributed by atoms with Crippen LogP contribution in [-0.2, 0) is 0 Å². The van der Waals surface area contributed by atoms with Crippen molar-refractivity contribution in [3.05, 3.63) is 29.8 Å². The number of thioether (sulfide) groups is 1. The Morgan fingerprint density at radius 3 is 3.24 bits per heavy atom. The van der Waals surface area contributed by atoms with Crippen LogP contribution in [0.2, 0.25) is 0 Å². The number of carbonyl (C=O) groups is 1. The van der Waals surface area contributed by atoms with E-state index < -0.39 is 5.95 Å². The molecule has 1 aromatic rings. The molecule has 1 aromatic heterocycles. The molecule has 92 valence electrons. The molecule has 0 saturated carbocycles. The van der Waals surface area contributed by atoms with Crippen molar-refractivity contribution in [2.45, 2.75) is 18.6 Å².